The van der Waals surface area contributed by atoms with Crippen LogP contribution < -0.4 is 15.2 Å². The average Bonchev–Trinajstić information content (AvgIpc) is 2.74. The van der Waals surface area contributed by atoms with E-state index >= 15 is 0 Å². The topological polar surface area (TPSA) is 53.4 Å². The van der Waals surface area contributed by atoms with E-state index in [4.69, 9.17) is 9.47 Å². The highest BCUT2D eigenvalue weighted by molar-refractivity contribution is 5.94. The third-order valence-corrected chi connectivity index (χ3v) is 5.53. The van der Waals surface area contributed by atoms with Gasteiger partial charge >= 0.3 is 5.69 Å². The molecule has 0 fully saturated rings. The summed E-state index contributed by atoms with van der Waals surface area (Å²) in [5, 5.41) is 0.878. The van der Waals surface area contributed by atoms with Crippen LogP contribution in [-0.2, 0) is 6.54 Å². The van der Waals surface area contributed by atoms with E-state index in [1.807, 2.05) is 24.3 Å². The zero-order chi connectivity index (χ0) is 21.1. The summed E-state index contributed by atoms with van der Waals surface area (Å²) in [5.41, 5.74) is 3.40. The first-order valence-corrected chi connectivity index (χ1v) is 10.2. The first kappa shape index (κ1) is 20.9. The van der Waals surface area contributed by atoms with Crippen LogP contribution in [0, 0.1) is 5.92 Å². The predicted molar refractivity (Wildman–Crippen MR) is 118 cm³/mol. The van der Waals surface area contributed by atoms with E-state index in [0.717, 1.165) is 22.9 Å². The second-order valence-corrected chi connectivity index (χ2v) is 7.87. The minimum Gasteiger partial charge on any atom is -0.493 e. The Kier molecular flexibility index (Phi) is 6.26. The molecule has 0 aliphatic carbocycles. The Hall–Kier alpha value is -2.82. The van der Waals surface area contributed by atoms with Crippen LogP contribution >= 0.6 is 0 Å². The smallest absolute Gasteiger partial charge is 0.348 e. The summed E-state index contributed by atoms with van der Waals surface area (Å²) in [6.07, 6.45) is 0.986. The molecular formula is C24H30N2O3. The highest BCUT2D eigenvalue weighted by Gasteiger charge is 2.17. The molecule has 154 valence electrons. The monoisotopic (exact) mass is 394 g/mol. The molecule has 0 amide bonds. The fraction of sp³-hybridized carbons (Fsp3) is 0.417. The van der Waals surface area contributed by atoms with Crippen LogP contribution in [0.1, 0.15) is 45.6 Å². The van der Waals surface area contributed by atoms with Crippen LogP contribution in [0.2, 0.25) is 0 Å². The number of aromatic nitrogens is 2. The van der Waals surface area contributed by atoms with Crippen LogP contribution in [0.15, 0.2) is 41.2 Å². The Morgan fingerprint density at radius 1 is 1.00 bits per heavy atom. The number of benzene rings is 2. The van der Waals surface area contributed by atoms with Gasteiger partial charge in [-0.25, -0.2) is 4.79 Å². The van der Waals surface area contributed by atoms with Gasteiger partial charge in [0.25, 0.3) is 0 Å². The average molecular weight is 395 g/mol. The first-order valence-electron chi connectivity index (χ1n) is 10.2. The number of methoxy groups -OCH3 is 2. The van der Waals surface area contributed by atoms with Crippen LogP contribution in [0.25, 0.3) is 22.2 Å². The predicted octanol–water partition coefficient (Wildman–Crippen LogP) is 5.25. The van der Waals surface area contributed by atoms with E-state index in [0.29, 0.717) is 35.6 Å². The summed E-state index contributed by atoms with van der Waals surface area (Å²) >= 11 is 0. The number of nitrogens with zero attached hydrogens (tertiary/aromatic N) is 2. The molecule has 1 unspecified atom stereocenters. The minimum atomic E-state index is -0.243. The Morgan fingerprint density at radius 2 is 1.62 bits per heavy atom. The van der Waals surface area contributed by atoms with Gasteiger partial charge in [0, 0.05) is 23.6 Å². The zero-order valence-electron chi connectivity index (χ0n) is 18.2. The number of ether oxygens (including phenoxy) is 2. The molecule has 0 saturated heterocycles. The first-order chi connectivity index (χ1) is 13.9. The maximum absolute atomic E-state index is 13.0. The molecule has 1 heterocycles. The highest BCUT2D eigenvalue weighted by atomic mass is 16.5. The largest absolute Gasteiger partial charge is 0.493 e. The van der Waals surface area contributed by atoms with Gasteiger partial charge in [-0.1, -0.05) is 58.4 Å². The molecule has 0 N–H and O–H groups in total. The maximum atomic E-state index is 13.0. The molecule has 1 atom stereocenters. The lowest BCUT2D eigenvalue weighted by Gasteiger charge is -2.18. The van der Waals surface area contributed by atoms with Gasteiger partial charge in [0.15, 0.2) is 11.5 Å². The molecule has 0 spiro atoms. The molecule has 0 aliphatic rings. The summed E-state index contributed by atoms with van der Waals surface area (Å²) in [7, 11) is 3.22. The number of rotatable bonds is 7. The molecule has 5 nitrogen and oxygen atoms in total. The van der Waals surface area contributed by atoms with Crippen molar-refractivity contribution in [2.45, 2.75) is 46.6 Å². The van der Waals surface area contributed by atoms with Crippen molar-refractivity contribution < 1.29 is 9.47 Å². The van der Waals surface area contributed by atoms with E-state index in [1.165, 1.54) is 5.56 Å². The van der Waals surface area contributed by atoms with Crippen molar-refractivity contribution in [3.63, 3.8) is 0 Å². The van der Waals surface area contributed by atoms with Gasteiger partial charge in [-0.05, 0) is 23.5 Å². The van der Waals surface area contributed by atoms with Crippen LogP contribution in [0.4, 0.5) is 0 Å². The third kappa shape index (κ3) is 4.14. The highest BCUT2D eigenvalue weighted by Crippen LogP contribution is 2.36. The van der Waals surface area contributed by atoms with Crippen LogP contribution in [0.5, 0.6) is 11.5 Å². The number of hydrogen-bond donors (Lipinski definition) is 0. The molecule has 29 heavy (non-hydrogen) atoms. The van der Waals surface area contributed by atoms with E-state index in [9.17, 15) is 4.79 Å². The molecule has 0 aliphatic heterocycles. The lowest BCUT2D eigenvalue weighted by Crippen LogP contribution is -2.26. The summed E-state index contributed by atoms with van der Waals surface area (Å²) in [5.74, 6) is 2.03. The Labute approximate surface area is 172 Å². The summed E-state index contributed by atoms with van der Waals surface area (Å²) in [4.78, 5) is 17.5. The fourth-order valence-corrected chi connectivity index (χ4v) is 3.46. The van der Waals surface area contributed by atoms with Gasteiger partial charge in [0.05, 0.1) is 25.4 Å². The Bertz CT molecular complexity index is 1050. The van der Waals surface area contributed by atoms with E-state index in [1.54, 1.807) is 18.8 Å². The van der Waals surface area contributed by atoms with Crippen LogP contribution in [0.3, 0.4) is 0 Å². The molecule has 2 aromatic carbocycles. The Morgan fingerprint density at radius 3 is 2.17 bits per heavy atom. The van der Waals surface area contributed by atoms with E-state index in [2.05, 4.69) is 44.8 Å². The summed E-state index contributed by atoms with van der Waals surface area (Å²) in [6.45, 7) is 9.20. The lowest BCUT2D eigenvalue weighted by molar-refractivity contribution is 0.355. The lowest BCUT2D eigenvalue weighted by atomic mass is 9.99. The zero-order valence-corrected chi connectivity index (χ0v) is 18.2. The van der Waals surface area contributed by atoms with Gasteiger partial charge in [0.2, 0.25) is 0 Å². The molecule has 3 aromatic rings. The number of hydrogen-bond acceptors (Lipinski definition) is 4. The van der Waals surface area contributed by atoms with Crippen molar-refractivity contribution in [1.29, 1.82) is 0 Å². The van der Waals surface area contributed by atoms with Gasteiger partial charge < -0.3 is 9.47 Å². The minimum absolute atomic E-state index is 0.243. The van der Waals surface area contributed by atoms with Crippen molar-refractivity contribution in [3.8, 4) is 22.8 Å². The third-order valence-electron chi connectivity index (χ3n) is 5.53. The molecular weight excluding hydrogens is 364 g/mol. The van der Waals surface area contributed by atoms with E-state index in [-0.39, 0.29) is 5.69 Å². The standard InChI is InChI=1S/C24H30N2O3/c1-7-16(4)14-26-20-13-22(29-6)21(28-5)12-19(20)23(25-24(26)27)18-10-8-17(9-11-18)15(2)3/h8-13,15-16H,7,14H2,1-6H3. The van der Waals surface area contributed by atoms with Gasteiger partial charge in [-0.2, -0.15) is 4.98 Å². The summed E-state index contributed by atoms with van der Waals surface area (Å²) in [6, 6.07) is 12.1. The van der Waals surface area contributed by atoms with Crippen molar-refractivity contribution in [1.82, 2.24) is 9.55 Å². The van der Waals surface area contributed by atoms with Crippen molar-refractivity contribution in [3.05, 3.63) is 52.4 Å². The van der Waals surface area contributed by atoms with Gasteiger partial charge in [-0.3, -0.25) is 4.57 Å². The van der Waals surface area contributed by atoms with Gasteiger partial charge in [0.1, 0.15) is 0 Å². The normalized spacial score (nSPS) is 12.4. The second kappa shape index (κ2) is 8.68. The molecule has 0 saturated carbocycles. The molecule has 0 radical (unpaired) electrons. The molecule has 3 rings (SSSR count). The second-order valence-electron chi connectivity index (χ2n) is 7.87. The molecule has 0 bridgehead atoms. The SMILES string of the molecule is CCC(C)Cn1c(=O)nc(-c2ccc(C(C)C)cc2)c2cc(OC)c(OC)cc21. The fourth-order valence-electron chi connectivity index (χ4n) is 3.46. The quantitative estimate of drug-likeness (QED) is 0.549. The maximum Gasteiger partial charge on any atom is 0.348 e. The van der Waals surface area contributed by atoms with Crippen molar-refractivity contribution in [2.75, 3.05) is 14.2 Å². The van der Waals surface area contributed by atoms with Crippen molar-refractivity contribution in [2.24, 2.45) is 5.92 Å². The van der Waals surface area contributed by atoms with Crippen molar-refractivity contribution >= 4 is 10.9 Å². The molecule has 5 heteroatoms. The van der Waals surface area contributed by atoms with Crippen LogP contribution in [-0.4, -0.2) is 23.8 Å². The molecule has 1 aromatic heterocycles. The summed E-state index contributed by atoms with van der Waals surface area (Å²) < 4.78 is 12.8. The van der Waals surface area contributed by atoms with Gasteiger partial charge in [-0.15, -0.1) is 0 Å². The van der Waals surface area contributed by atoms with E-state index < -0.39 is 0 Å². The Balaban J connectivity index is 2.30. The number of fused-ring (bicyclic) bond motifs is 1.